The van der Waals surface area contributed by atoms with Gasteiger partial charge in [0, 0.05) is 7.05 Å². The Kier molecular flexibility index (Phi) is 3.69. The van der Waals surface area contributed by atoms with Gasteiger partial charge in [0.15, 0.2) is 0 Å². The first-order valence-corrected chi connectivity index (χ1v) is 5.33. The highest BCUT2D eigenvalue weighted by Gasteiger charge is 2.28. The second-order valence-corrected chi connectivity index (χ2v) is 4.45. The van der Waals surface area contributed by atoms with E-state index in [0.29, 0.717) is 6.42 Å². The summed E-state index contributed by atoms with van der Waals surface area (Å²) in [6.07, 6.45) is 2.35. The van der Waals surface area contributed by atoms with Gasteiger partial charge in [-0.25, -0.2) is 0 Å². The summed E-state index contributed by atoms with van der Waals surface area (Å²) in [7, 11) is 3.70. The number of hydrogen-bond donors (Lipinski definition) is 2. The molecule has 0 aliphatic rings. The monoisotopic (exact) mass is 261 g/mol. The summed E-state index contributed by atoms with van der Waals surface area (Å²) in [4.78, 5) is 0. The average molecular weight is 262 g/mol. The van der Waals surface area contributed by atoms with E-state index < -0.39 is 5.60 Å². The lowest BCUT2D eigenvalue weighted by molar-refractivity contribution is 0.0394. The van der Waals surface area contributed by atoms with Crippen molar-refractivity contribution >= 4 is 15.9 Å². The maximum absolute atomic E-state index is 10.2. The quantitative estimate of drug-likeness (QED) is 0.851. The molecule has 5 heteroatoms. The summed E-state index contributed by atoms with van der Waals surface area (Å²) in [6, 6.07) is 0. The number of halogens is 1. The minimum atomic E-state index is -0.854. The summed E-state index contributed by atoms with van der Waals surface area (Å²) in [5.74, 6) is 0. The van der Waals surface area contributed by atoms with Crippen LogP contribution in [0.3, 0.4) is 0 Å². The van der Waals surface area contributed by atoms with Crippen molar-refractivity contribution in [3.63, 3.8) is 0 Å². The van der Waals surface area contributed by atoms with Crippen molar-refractivity contribution in [1.82, 2.24) is 15.1 Å². The molecule has 1 unspecified atom stereocenters. The van der Waals surface area contributed by atoms with E-state index in [1.54, 1.807) is 17.8 Å². The molecule has 1 aromatic heterocycles. The number of nitrogens with zero attached hydrogens (tertiary/aromatic N) is 2. The zero-order valence-electron chi connectivity index (χ0n) is 8.71. The van der Waals surface area contributed by atoms with Crippen molar-refractivity contribution in [2.75, 3.05) is 13.6 Å². The Labute approximate surface area is 92.4 Å². The third-order valence-electron chi connectivity index (χ3n) is 2.27. The van der Waals surface area contributed by atoms with Gasteiger partial charge in [-0.05, 0) is 42.9 Å². The fourth-order valence-corrected chi connectivity index (χ4v) is 2.28. The Morgan fingerprint density at radius 3 is 2.79 bits per heavy atom. The van der Waals surface area contributed by atoms with E-state index in [-0.39, 0.29) is 0 Å². The molecule has 2 N–H and O–H groups in total. The summed E-state index contributed by atoms with van der Waals surface area (Å²) in [5, 5.41) is 17.3. The van der Waals surface area contributed by atoms with Gasteiger partial charge in [0.25, 0.3) is 0 Å². The van der Waals surface area contributed by atoms with Crippen LogP contribution in [0.2, 0.25) is 0 Å². The zero-order chi connectivity index (χ0) is 10.8. The number of rotatable bonds is 4. The highest BCUT2D eigenvalue weighted by atomic mass is 79.9. The van der Waals surface area contributed by atoms with E-state index in [0.717, 1.165) is 16.7 Å². The number of aromatic nitrogens is 2. The molecule has 0 aliphatic carbocycles. The number of nitrogens with one attached hydrogen (secondary N) is 1. The predicted octanol–water partition coefficient (Wildman–Crippen LogP) is 1.000. The van der Waals surface area contributed by atoms with Gasteiger partial charge < -0.3 is 10.4 Å². The van der Waals surface area contributed by atoms with E-state index in [4.69, 9.17) is 0 Å². The maximum Gasteiger partial charge on any atom is 0.106 e. The van der Waals surface area contributed by atoms with Gasteiger partial charge in [0.2, 0.25) is 0 Å². The van der Waals surface area contributed by atoms with Crippen LogP contribution in [0, 0.1) is 0 Å². The van der Waals surface area contributed by atoms with E-state index >= 15 is 0 Å². The van der Waals surface area contributed by atoms with Crippen LogP contribution in [-0.2, 0) is 12.6 Å². The first-order valence-electron chi connectivity index (χ1n) is 4.54. The lowest BCUT2D eigenvalue weighted by Gasteiger charge is -2.24. The summed E-state index contributed by atoms with van der Waals surface area (Å²) in [6.45, 7) is 2.57. The molecule has 0 bridgehead atoms. The molecule has 0 saturated heterocycles. The highest BCUT2D eigenvalue weighted by Crippen LogP contribution is 2.29. The molecular weight excluding hydrogens is 246 g/mol. The van der Waals surface area contributed by atoms with Gasteiger partial charge >= 0.3 is 0 Å². The van der Waals surface area contributed by atoms with Crippen LogP contribution in [-0.4, -0.2) is 28.5 Å². The van der Waals surface area contributed by atoms with Crippen LogP contribution < -0.4 is 5.32 Å². The van der Waals surface area contributed by atoms with E-state index in [1.165, 1.54) is 0 Å². The normalized spacial score (nSPS) is 15.5. The molecule has 0 saturated carbocycles. The van der Waals surface area contributed by atoms with Gasteiger partial charge in [-0.15, -0.1) is 0 Å². The van der Waals surface area contributed by atoms with Crippen LogP contribution in [0.4, 0.5) is 0 Å². The molecule has 0 aliphatic heterocycles. The SMILES string of the molecule is CNCCC(C)(O)c1c(Br)cnn1C. The second-order valence-electron chi connectivity index (χ2n) is 3.59. The minimum Gasteiger partial charge on any atom is -0.384 e. The van der Waals surface area contributed by atoms with Crippen molar-refractivity contribution in [2.24, 2.45) is 7.05 Å². The number of hydrogen-bond acceptors (Lipinski definition) is 3. The molecule has 4 nitrogen and oxygen atoms in total. The fraction of sp³-hybridized carbons (Fsp3) is 0.667. The molecule has 1 atom stereocenters. The largest absolute Gasteiger partial charge is 0.384 e. The Morgan fingerprint density at radius 2 is 2.36 bits per heavy atom. The number of aliphatic hydroxyl groups is 1. The summed E-state index contributed by atoms with van der Waals surface area (Å²) >= 11 is 3.38. The van der Waals surface area contributed by atoms with Gasteiger partial charge in [-0.3, -0.25) is 4.68 Å². The highest BCUT2D eigenvalue weighted by molar-refractivity contribution is 9.10. The van der Waals surface area contributed by atoms with Crippen molar-refractivity contribution < 1.29 is 5.11 Å². The second kappa shape index (κ2) is 4.42. The Bertz CT molecular complexity index is 290. The van der Waals surface area contributed by atoms with Gasteiger partial charge in [0.1, 0.15) is 5.60 Å². The van der Waals surface area contributed by atoms with Crippen molar-refractivity contribution in [2.45, 2.75) is 18.9 Å². The molecule has 0 amide bonds. The molecule has 0 aromatic carbocycles. The van der Waals surface area contributed by atoms with Crippen LogP contribution in [0.1, 0.15) is 19.0 Å². The molecule has 14 heavy (non-hydrogen) atoms. The summed E-state index contributed by atoms with van der Waals surface area (Å²) in [5.41, 5.74) is -0.0413. The molecule has 1 rings (SSSR count). The maximum atomic E-state index is 10.2. The Balaban J connectivity index is 2.90. The van der Waals surface area contributed by atoms with Crippen LogP contribution in [0.25, 0.3) is 0 Å². The van der Waals surface area contributed by atoms with Crippen LogP contribution in [0.5, 0.6) is 0 Å². The smallest absolute Gasteiger partial charge is 0.106 e. The fourth-order valence-electron chi connectivity index (χ4n) is 1.50. The third-order valence-corrected chi connectivity index (χ3v) is 2.85. The van der Waals surface area contributed by atoms with Crippen molar-refractivity contribution in [3.8, 4) is 0 Å². The first-order chi connectivity index (χ1) is 6.49. The standard InChI is InChI=1S/C9H16BrN3O/c1-9(14,4-5-11-2)8-7(10)6-12-13(8)3/h6,11,14H,4-5H2,1-3H3. The number of aryl methyl sites for hydroxylation is 1. The van der Waals surface area contributed by atoms with Gasteiger partial charge in [0.05, 0.1) is 16.4 Å². The first kappa shape index (κ1) is 11.7. The Morgan fingerprint density at radius 1 is 1.71 bits per heavy atom. The molecule has 1 aromatic rings. The minimum absolute atomic E-state index is 0.654. The van der Waals surface area contributed by atoms with E-state index in [1.807, 2.05) is 14.1 Å². The van der Waals surface area contributed by atoms with Gasteiger partial charge in [-0.2, -0.15) is 5.10 Å². The lowest BCUT2D eigenvalue weighted by Crippen LogP contribution is -2.29. The lowest BCUT2D eigenvalue weighted by atomic mass is 9.98. The molecular formula is C9H16BrN3O. The molecule has 0 radical (unpaired) electrons. The average Bonchev–Trinajstić information content (AvgIpc) is 2.43. The van der Waals surface area contributed by atoms with Crippen molar-refractivity contribution in [3.05, 3.63) is 16.4 Å². The van der Waals surface area contributed by atoms with Crippen LogP contribution in [0.15, 0.2) is 10.7 Å². The topological polar surface area (TPSA) is 50.1 Å². The van der Waals surface area contributed by atoms with E-state index in [2.05, 4.69) is 26.3 Å². The van der Waals surface area contributed by atoms with Crippen LogP contribution >= 0.6 is 15.9 Å². The van der Waals surface area contributed by atoms with Crippen molar-refractivity contribution in [1.29, 1.82) is 0 Å². The summed E-state index contributed by atoms with van der Waals surface area (Å²) < 4.78 is 2.54. The molecule has 0 spiro atoms. The molecule has 0 fully saturated rings. The third kappa shape index (κ3) is 2.34. The molecule has 80 valence electrons. The predicted molar refractivity (Wildman–Crippen MR) is 59.0 cm³/mol. The molecule has 1 heterocycles. The Hall–Kier alpha value is -0.390. The van der Waals surface area contributed by atoms with E-state index in [9.17, 15) is 5.11 Å². The zero-order valence-corrected chi connectivity index (χ0v) is 10.3. The van der Waals surface area contributed by atoms with Gasteiger partial charge in [-0.1, -0.05) is 0 Å².